The van der Waals surface area contributed by atoms with Gasteiger partial charge in [0.05, 0.1) is 17.4 Å². The molecular weight excluding hydrogens is 204 g/mol. The molecule has 0 aliphatic carbocycles. The van der Waals surface area contributed by atoms with Crippen molar-refractivity contribution in [1.29, 1.82) is 0 Å². The molecule has 0 saturated carbocycles. The van der Waals surface area contributed by atoms with Crippen molar-refractivity contribution in [3.63, 3.8) is 0 Å². The standard InChI is InChI=1S/C7H6N4O2S/c1-4-9-5(7(12)13)6(14-4)11-3-2-8-10-11/h2-3H,1H3,(H,12,13). The van der Waals surface area contributed by atoms with Crippen LogP contribution >= 0.6 is 11.3 Å². The van der Waals surface area contributed by atoms with Crippen molar-refractivity contribution in [2.75, 3.05) is 0 Å². The van der Waals surface area contributed by atoms with Gasteiger partial charge in [-0.1, -0.05) is 16.6 Å². The van der Waals surface area contributed by atoms with Gasteiger partial charge in [0.2, 0.25) is 0 Å². The Labute approximate surface area is 82.8 Å². The van der Waals surface area contributed by atoms with Gasteiger partial charge in [0, 0.05) is 0 Å². The van der Waals surface area contributed by atoms with Crippen LogP contribution in [0.3, 0.4) is 0 Å². The number of carboxylic acids is 1. The smallest absolute Gasteiger partial charge is 0.357 e. The molecule has 0 aliphatic heterocycles. The molecule has 0 amide bonds. The molecule has 2 aromatic rings. The van der Waals surface area contributed by atoms with E-state index >= 15 is 0 Å². The van der Waals surface area contributed by atoms with Gasteiger partial charge in [-0.15, -0.1) is 5.10 Å². The molecule has 0 aromatic carbocycles. The van der Waals surface area contributed by atoms with Crippen LogP contribution in [0.15, 0.2) is 12.4 Å². The number of thiazole rings is 1. The molecule has 2 rings (SSSR count). The summed E-state index contributed by atoms with van der Waals surface area (Å²) in [5.41, 5.74) is 0.0120. The lowest BCUT2D eigenvalue weighted by Crippen LogP contribution is -2.04. The number of carboxylic acid groups (broad SMARTS) is 1. The molecular formula is C7H6N4O2S. The highest BCUT2D eigenvalue weighted by molar-refractivity contribution is 7.14. The van der Waals surface area contributed by atoms with Gasteiger partial charge in [0.1, 0.15) is 0 Å². The van der Waals surface area contributed by atoms with Crippen LogP contribution in [0.1, 0.15) is 15.5 Å². The second kappa shape index (κ2) is 3.18. The van der Waals surface area contributed by atoms with Crippen molar-refractivity contribution in [3.05, 3.63) is 23.1 Å². The van der Waals surface area contributed by atoms with Crippen LogP contribution in [-0.2, 0) is 0 Å². The monoisotopic (exact) mass is 210 g/mol. The summed E-state index contributed by atoms with van der Waals surface area (Å²) in [6.07, 6.45) is 3.07. The van der Waals surface area contributed by atoms with Crippen LogP contribution in [-0.4, -0.2) is 31.1 Å². The number of hydrogen-bond acceptors (Lipinski definition) is 5. The summed E-state index contributed by atoms with van der Waals surface area (Å²) in [6, 6.07) is 0. The fourth-order valence-electron chi connectivity index (χ4n) is 1.03. The fraction of sp³-hybridized carbons (Fsp3) is 0.143. The zero-order chi connectivity index (χ0) is 10.1. The van der Waals surface area contributed by atoms with E-state index in [9.17, 15) is 4.79 Å². The molecule has 0 atom stereocenters. The minimum absolute atomic E-state index is 0.0120. The van der Waals surface area contributed by atoms with Gasteiger partial charge >= 0.3 is 5.97 Å². The van der Waals surface area contributed by atoms with Crippen LogP contribution in [0.5, 0.6) is 0 Å². The lowest BCUT2D eigenvalue weighted by atomic mass is 10.4. The van der Waals surface area contributed by atoms with Crippen LogP contribution in [0.4, 0.5) is 0 Å². The summed E-state index contributed by atoms with van der Waals surface area (Å²) in [7, 11) is 0. The number of aryl methyl sites for hydroxylation is 1. The summed E-state index contributed by atoms with van der Waals surface area (Å²) in [5.74, 6) is -1.06. The highest BCUT2D eigenvalue weighted by Gasteiger charge is 2.17. The zero-order valence-corrected chi connectivity index (χ0v) is 8.02. The first kappa shape index (κ1) is 8.82. The zero-order valence-electron chi connectivity index (χ0n) is 7.21. The Morgan fingerprint density at radius 1 is 1.64 bits per heavy atom. The molecule has 0 saturated heterocycles. The van der Waals surface area contributed by atoms with E-state index in [4.69, 9.17) is 5.11 Å². The normalized spacial score (nSPS) is 10.4. The Morgan fingerprint density at radius 2 is 2.43 bits per heavy atom. The van der Waals surface area contributed by atoms with Gasteiger partial charge in [0.15, 0.2) is 10.7 Å². The van der Waals surface area contributed by atoms with Crippen LogP contribution in [0.2, 0.25) is 0 Å². The third-order valence-electron chi connectivity index (χ3n) is 1.55. The molecule has 2 heterocycles. The van der Waals surface area contributed by atoms with Gasteiger partial charge in [0.25, 0.3) is 0 Å². The number of aromatic nitrogens is 4. The van der Waals surface area contributed by atoms with E-state index in [2.05, 4.69) is 15.3 Å². The number of rotatable bonds is 2. The maximum Gasteiger partial charge on any atom is 0.357 e. The topological polar surface area (TPSA) is 80.9 Å². The minimum Gasteiger partial charge on any atom is -0.476 e. The van der Waals surface area contributed by atoms with Crippen molar-refractivity contribution < 1.29 is 9.90 Å². The second-order valence-electron chi connectivity index (χ2n) is 2.54. The molecule has 0 unspecified atom stereocenters. The number of hydrogen-bond donors (Lipinski definition) is 1. The lowest BCUT2D eigenvalue weighted by molar-refractivity contribution is 0.0691. The average molecular weight is 210 g/mol. The lowest BCUT2D eigenvalue weighted by Gasteiger charge is -1.94. The largest absolute Gasteiger partial charge is 0.476 e. The van der Waals surface area contributed by atoms with Crippen molar-refractivity contribution in [2.24, 2.45) is 0 Å². The Kier molecular flexibility index (Phi) is 2.01. The van der Waals surface area contributed by atoms with E-state index < -0.39 is 5.97 Å². The summed E-state index contributed by atoms with van der Waals surface area (Å²) < 4.78 is 1.40. The Hall–Kier alpha value is -1.76. The number of nitrogens with zero attached hydrogens (tertiary/aromatic N) is 4. The number of aromatic carboxylic acids is 1. The van der Waals surface area contributed by atoms with Crippen molar-refractivity contribution >= 4 is 17.3 Å². The predicted molar refractivity (Wildman–Crippen MR) is 48.7 cm³/mol. The summed E-state index contributed by atoms with van der Waals surface area (Å²) in [5, 5.41) is 17.4. The van der Waals surface area contributed by atoms with Crippen molar-refractivity contribution in [3.8, 4) is 5.00 Å². The van der Waals surface area contributed by atoms with Crippen molar-refractivity contribution in [2.45, 2.75) is 6.92 Å². The van der Waals surface area contributed by atoms with Gasteiger partial charge in [-0.05, 0) is 6.92 Å². The second-order valence-corrected chi connectivity index (χ2v) is 3.72. The Balaban J connectivity index is 2.58. The predicted octanol–water partition coefficient (Wildman–Crippen LogP) is 0.730. The van der Waals surface area contributed by atoms with Gasteiger partial charge < -0.3 is 5.11 Å². The molecule has 0 bridgehead atoms. The van der Waals surface area contributed by atoms with Crippen LogP contribution < -0.4 is 0 Å². The molecule has 0 spiro atoms. The van der Waals surface area contributed by atoms with E-state index in [0.717, 1.165) is 0 Å². The molecule has 1 N–H and O–H groups in total. The molecule has 7 heteroatoms. The first-order valence-electron chi connectivity index (χ1n) is 3.76. The molecule has 0 fully saturated rings. The van der Waals surface area contributed by atoms with Crippen molar-refractivity contribution in [1.82, 2.24) is 20.0 Å². The number of carbonyl (C=O) groups is 1. The van der Waals surface area contributed by atoms with E-state index in [1.807, 2.05) is 0 Å². The molecule has 72 valence electrons. The Bertz CT molecular complexity index is 462. The van der Waals surface area contributed by atoms with Gasteiger partial charge in [-0.3, -0.25) is 0 Å². The summed E-state index contributed by atoms with van der Waals surface area (Å²) >= 11 is 1.27. The van der Waals surface area contributed by atoms with E-state index in [0.29, 0.717) is 10.0 Å². The third-order valence-corrected chi connectivity index (χ3v) is 2.51. The van der Waals surface area contributed by atoms with Gasteiger partial charge in [-0.2, -0.15) is 0 Å². The molecule has 14 heavy (non-hydrogen) atoms. The molecule has 2 aromatic heterocycles. The first-order valence-corrected chi connectivity index (χ1v) is 4.57. The van der Waals surface area contributed by atoms with E-state index in [1.165, 1.54) is 22.2 Å². The fourth-order valence-corrected chi connectivity index (χ4v) is 1.86. The maximum atomic E-state index is 10.8. The molecule has 6 nitrogen and oxygen atoms in total. The highest BCUT2D eigenvalue weighted by Crippen LogP contribution is 2.21. The average Bonchev–Trinajstić information content (AvgIpc) is 2.70. The third kappa shape index (κ3) is 1.37. The summed E-state index contributed by atoms with van der Waals surface area (Å²) in [6.45, 7) is 1.75. The minimum atomic E-state index is -1.06. The van der Waals surface area contributed by atoms with Crippen LogP contribution in [0, 0.1) is 6.92 Å². The van der Waals surface area contributed by atoms with Gasteiger partial charge in [-0.25, -0.2) is 14.5 Å². The molecule has 0 radical (unpaired) electrons. The first-order chi connectivity index (χ1) is 6.68. The van der Waals surface area contributed by atoms with E-state index in [1.54, 1.807) is 13.1 Å². The molecule has 0 aliphatic rings. The quantitative estimate of drug-likeness (QED) is 0.790. The maximum absolute atomic E-state index is 10.8. The Morgan fingerprint density at radius 3 is 3.00 bits per heavy atom. The summed E-state index contributed by atoms with van der Waals surface area (Å²) in [4.78, 5) is 14.7. The van der Waals surface area contributed by atoms with E-state index in [-0.39, 0.29) is 5.69 Å². The SMILES string of the molecule is Cc1nc(C(=O)O)c(-n2ccnn2)s1. The highest BCUT2D eigenvalue weighted by atomic mass is 32.1. The van der Waals surface area contributed by atoms with Crippen LogP contribution in [0.25, 0.3) is 5.00 Å².